The second kappa shape index (κ2) is 5.33. The van der Waals surface area contributed by atoms with Gasteiger partial charge >= 0.3 is 6.43 Å². The molecule has 1 aromatic carbocycles. The molecule has 2 rings (SSSR count). The van der Waals surface area contributed by atoms with Crippen LogP contribution in [0.3, 0.4) is 0 Å². The van der Waals surface area contributed by atoms with Crippen LogP contribution in [0.15, 0.2) is 24.3 Å². The van der Waals surface area contributed by atoms with Crippen LogP contribution in [0.1, 0.15) is 18.4 Å². The van der Waals surface area contributed by atoms with Crippen molar-refractivity contribution in [3.63, 3.8) is 0 Å². The Hall–Kier alpha value is -1.65. The van der Waals surface area contributed by atoms with Crippen LogP contribution < -0.4 is 4.74 Å². The topological polar surface area (TPSA) is 29.5 Å². The van der Waals surface area contributed by atoms with Crippen LogP contribution in [0.25, 0.3) is 0 Å². The van der Waals surface area contributed by atoms with Gasteiger partial charge in [0.15, 0.2) is 0 Å². The molecule has 1 aliphatic rings. The molecule has 1 saturated carbocycles. The Morgan fingerprint density at radius 1 is 1.44 bits per heavy atom. The third-order valence-electron chi connectivity index (χ3n) is 2.99. The highest BCUT2D eigenvalue weighted by Crippen LogP contribution is 2.31. The molecule has 5 heteroatoms. The fraction of sp³-hybridized carbons (Fsp3) is 0.462. The van der Waals surface area contributed by atoms with E-state index in [1.54, 1.807) is 24.3 Å². The van der Waals surface area contributed by atoms with E-state index >= 15 is 0 Å². The molecule has 3 nitrogen and oxygen atoms in total. The summed E-state index contributed by atoms with van der Waals surface area (Å²) >= 11 is 0. The predicted molar refractivity (Wildman–Crippen MR) is 62.6 cm³/mol. The Labute approximate surface area is 104 Å². The van der Waals surface area contributed by atoms with Crippen LogP contribution in [-0.2, 0) is 11.3 Å². The molecule has 0 unspecified atom stereocenters. The Morgan fingerprint density at radius 3 is 2.67 bits per heavy atom. The molecule has 0 heterocycles. The van der Waals surface area contributed by atoms with Crippen molar-refractivity contribution in [2.75, 3.05) is 7.11 Å². The molecule has 0 aliphatic heterocycles. The summed E-state index contributed by atoms with van der Waals surface area (Å²) in [4.78, 5) is 12.7. The number of nitrogens with zero attached hydrogens (tertiary/aromatic N) is 1. The van der Waals surface area contributed by atoms with Gasteiger partial charge in [0, 0.05) is 18.2 Å². The summed E-state index contributed by atoms with van der Waals surface area (Å²) in [7, 11) is 1.52. The number of methoxy groups -OCH3 is 1. The maximum atomic E-state index is 12.5. The quantitative estimate of drug-likeness (QED) is 0.808. The van der Waals surface area contributed by atoms with Gasteiger partial charge in [-0.2, -0.15) is 8.78 Å². The highest BCUT2D eigenvalue weighted by molar-refractivity contribution is 5.80. The fourth-order valence-electron chi connectivity index (χ4n) is 1.92. The van der Waals surface area contributed by atoms with Crippen molar-refractivity contribution in [3.05, 3.63) is 29.8 Å². The van der Waals surface area contributed by atoms with E-state index in [1.807, 2.05) is 0 Å². The third kappa shape index (κ3) is 2.78. The maximum absolute atomic E-state index is 12.5. The lowest BCUT2D eigenvalue weighted by Crippen LogP contribution is -2.37. The number of hydrogen-bond donors (Lipinski definition) is 0. The first-order chi connectivity index (χ1) is 8.63. The molecule has 1 aliphatic carbocycles. The van der Waals surface area contributed by atoms with Crippen molar-refractivity contribution in [1.29, 1.82) is 0 Å². The van der Waals surface area contributed by atoms with E-state index in [-0.39, 0.29) is 12.6 Å². The number of rotatable bonds is 5. The second-order valence-corrected chi connectivity index (χ2v) is 4.31. The van der Waals surface area contributed by atoms with Crippen LogP contribution >= 0.6 is 0 Å². The first kappa shape index (κ1) is 12.8. The fourth-order valence-corrected chi connectivity index (χ4v) is 1.92. The lowest BCUT2D eigenvalue weighted by Gasteiger charge is -2.23. The molecule has 0 radical (unpaired) electrons. The zero-order valence-corrected chi connectivity index (χ0v) is 10.1. The van der Waals surface area contributed by atoms with Crippen molar-refractivity contribution < 1.29 is 18.3 Å². The monoisotopic (exact) mass is 255 g/mol. The number of amides is 1. The number of ether oxygens (including phenoxy) is 1. The molecule has 1 aromatic rings. The smallest absolute Gasteiger partial charge is 0.315 e. The normalized spacial score (nSPS) is 14.7. The summed E-state index contributed by atoms with van der Waals surface area (Å²) in [6, 6.07) is 7.10. The number of hydrogen-bond acceptors (Lipinski definition) is 2. The zero-order valence-electron chi connectivity index (χ0n) is 10.1. The van der Waals surface area contributed by atoms with Gasteiger partial charge in [-0.3, -0.25) is 4.79 Å². The zero-order chi connectivity index (χ0) is 13.1. The Kier molecular flexibility index (Phi) is 3.79. The maximum Gasteiger partial charge on any atom is 0.315 e. The summed E-state index contributed by atoms with van der Waals surface area (Å²) in [5, 5.41) is 0. The van der Waals surface area contributed by atoms with E-state index in [9.17, 15) is 13.6 Å². The average Bonchev–Trinajstić information content (AvgIpc) is 3.19. The molecule has 0 bridgehead atoms. The lowest BCUT2D eigenvalue weighted by molar-refractivity contribution is -0.144. The Bertz CT molecular complexity index is 433. The summed E-state index contributed by atoms with van der Waals surface area (Å²) in [5.74, 6) is -0.478. The molecule has 0 N–H and O–H groups in total. The summed E-state index contributed by atoms with van der Waals surface area (Å²) in [6.45, 7) is 0.178. The van der Waals surface area contributed by atoms with E-state index in [0.717, 1.165) is 18.4 Å². The van der Waals surface area contributed by atoms with Crippen LogP contribution in [0.2, 0.25) is 0 Å². The van der Waals surface area contributed by atoms with Gasteiger partial charge < -0.3 is 9.64 Å². The van der Waals surface area contributed by atoms with Gasteiger partial charge in [-0.05, 0) is 18.9 Å². The summed E-state index contributed by atoms with van der Waals surface area (Å²) < 4.78 is 30.2. The van der Waals surface area contributed by atoms with Crippen molar-refractivity contribution in [3.8, 4) is 5.75 Å². The van der Waals surface area contributed by atoms with Crippen molar-refractivity contribution in [2.45, 2.75) is 31.9 Å². The summed E-state index contributed by atoms with van der Waals surface area (Å²) in [5.41, 5.74) is 0.751. The highest BCUT2D eigenvalue weighted by Gasteiger charge is 2.36. The average molecular weight is 255 g/mol. The van der Waals surface area contributed by atoms with E-state index in [2.05, 4.69) is 0 Å². The van der Waals surface area contributed by atoms with Crippen molar-refractivity contribution in [2.24, 2.45) is 0 Å². The van der Waals surface area contributed by atoms with Gasteiger partial charge in [-0.1, -0.05) is 18.2 Å². The largest absolute Gasteiger partial charge is 0.496 e. The number of carbonyl (C=O) groups excluding carboxylic acids is 1. The minimum absolute atomic E-state index is 0.0450. The number of benzene rings is 1. The standard InChI is InChI=1S/C13H15F2NO2/c1-18-11-5-3-2-4-9(11)8-16(10-6-7-10)13(17)12(14)15/h2-5,10,12H,6-8H2,1H3. The van der Waals surface area contributed by atoms with Crippen LogP contribution in [-0.4, -0.2) is 30.4 Å². The van der Waals surface area contributed by atoms with Crippen LogP contribution in [0.4, 0.5) is 8.78 Å². The Balaban J connectivity index is 2.16. The molecule has 18 heavy (non-hydrogen) atoms. The predicted octanol–water partition coefficient (Wildman–Crippen LogP) is 2.45. The molecule has 0 aromatic heterocycles. The van der Waals surface area contributed by atoms with E-state index in [0.29, 0.717) is 5.75 Å². The SMILES string of the molecule is COc1ccccc1CN(C(=O)C(F)F)C1CC1. The van der Waals surface area contributed by atoms with E-state index < -0.39 is 12.3 Å². The van der Waals surface area contributed by atoms with Crippen LogP contribution in [0, 0.1) is 0 Å². The minimum atomic E-state index is -2.94. The molecule has 0 saturated heterocycles. The first-order valence-electron chi connectivity index (χ1n) is 5.84. The van der Waals surface area contributed by atoms with Crippen molar-refractivity contribution >= 4 is 5.91 Å². The van der Waals surface area contributed by atoms with Gasteiger partial charge in [0.25, 0.3) is 5.91 Å². The molecule has 1 amide bonds. The van der Waals surface area contributed by atoms with E-state index in [1.165, 1.54) is 12.0 Å². The molecule has 98 valence electrons. The number of alkyl halides is 2. The molecular formula is C13H15F2NO2. The number of halogens is 2. The van der Waals surface area contributed by atoms with Gasteiger partial charge in [0.2, 0.25) is 0 Å². The van der Waals surface area contributed by atoms with Crippen molar-refractivity contribution in [1.82, 2.24) is 4.90 Å². The number of carbonyl (C=O) groups is 1. The van der Waals surface area contributed by atoms with Crippen LogP contribution in [0.5, 0.6) is 5.75 Å². The molecule has 1 fully saturated rings. The van der Waals surface area contributed by atoms with Gasteiger partial charge in [-0.15, -0.1) is 0 Å². The van der Waals surface area contributed by atoms with Gasteiger partial charge in [-0.25, -0.2) is 0 Å². The second-order valence-electron chi connectivity index (χ2n) is 4.31. The molecule has 0 atom stereocenters. The minimum Gasteiger partial charge on any atom is -0.496 e. The van der Waals surface area contributed by atoms with E-state index in [4.69, 9.17) is 4.74 Å². The van der Waals surface area contributed by atoms with Gasteiger partial charge in [0.1, 0.15) is 5.75 Å². The number of para-hydroxylation sites is 1. The van der Waals surface area contributed by atoms with Gasteiger partial charge in [0.05, 0.1) is 7.11 Å². The first-order valence-corrected chi connectivity index (χ1v) is 5.84. The lowest BCUT2D eigenvalue weighted by atomic mass is 10.2. The molecule has 0 spiro atoms. The third-order valence-corrected chi connectivity index (χ3v) is 2.99. The Morgan fingerprint density at radius 2 is 2.11 bits per heavy atom. The molecular weight excluding hydrogens is 240 g/mol. The highest BCUT2D eigenvalue weighted by atomic mass is 19.3. The summed E-state index contributed by atoms with van der Waals surface area (Å²) in [6.07, 6.45) is -1.35.